The second kappa shape index (κ2) is 9.20. The second-order valence-corrected chi connectivity index (χ2v) is 9.00. The Morgan fingerprint density at radius 3 is 2.41 bits per heavy atom. The average Bonchev–Trinajstić information content (AvgIpc) is 2.67. The number of aliphatic hydroxyl groups is 2. The van der Waals surface area contributed by atoms with Gasteiger partial charge in [-0.25, -0.2) is 0 Å². The van der Waals surface area contributed by atoms with Crippen LogP contribution in [0.2, 0.25) is 0 Å². The van der Waals surface area contributed by atoms with E-state index in [0.29, 0.717) is 12.3 Å². The molecule has 0 spiro atoms. The van der Waals surface area contributed by atoms with Gasteiger partial charge in [0.2, 0.25) is 5.91 Å². The lowest BCUT2D eigenvalue weighted by molar-refractivity contribution is -0.114. The molecule has 29 heavy (non-hydrogen) atoms. The molecule has 0 bridgehead atoms. The molecule has 1 heterocycles. The summed E-state index contributed by atoms with van der Waals surface area (Å²) < 4.78 is 5.97. The number of amides is 1. The maximum absolute atomic E-state index is 11.6. The summed E-state index contributed by atoms with van der Waals surface area (Å²) in [6, 6.07) is 9.46. The lowest BCUT2D eigenvalue weighted by Gasteiger charge is -2.31. The highest BCUT2D eigenvalue weighted by Crippen LogP contribution is 2.37. The van der Waals surface area contributed by atoms with Crippen molar-refractivity contribution in [2.75, 3.05) is 23.4 Å². The molecule has 6 heteroatoms. The van der Waals surface area contributed by atoms with Gasteiger partial charge in [0.15, 0.2) is 0 Å². The molecular weight excluding hydrogens is 386 g/mol. The van der Waals surface area contributed by atoms with Crippen molar-refractivity contribution in [2.24, 2.45) is 0 Å². The highest BCUT2D eigenvalue weighted by molar-refractivity contribution is 7.99. The quantitative estimate of drug-likeness (QED) is 0.663. The Morgan fingerprint density at radius 2 is 1.83 bits per heavy atom. The Balaban J connectivity index is 1.90. The van der Waals surface area contributed by atoms with Gasteiger partial charge in [-0.05, 0) is 84.7 Å². The van der Waals surface area contributed by atoms with Crippen molar-refractivity contribution in [2.45, 2.75) is 45.8 Å². The Hall–Kier alpha value is -2.02. The number of aryl methyl sites for hydroxylation is 2. The van der Waals surface area contributed by atoms with Crippen LogP contribution in [-0.2, 0) is 11.4 Å². The van der Waals surface area contributed by atoms with Crippen molar-refractivity contribution in [3.05, 3.63) is 47.0 Å². The lowest BCUT2D eigenvalue weighted by Crippen LogP contribution is -2.39. The van der Waals surface area contributed by atoms with Gasteiger partial charge in [-0.1, -0.05) is 6.07 Å². The molecule has 3 N–H and O–H groups in total. The smallest absolute Gasteiger partial charge is 0.221 e. The number of hydrogen-bond donors (Lipinski definition) is 3. The molecule has 1 aliphatic heterocycles. The van der Waals surface area contributed by atoms with Gasteiger partial charge >= 0.3 is 0 Å². The molecule has 3 rings (SSSR count). The van der Waals surface area contributed by atoms with Crippen molar-refractivity contribution in [3.8, 4) is 16.9 Å². The molecule has 0 radical (unpaired) electrons. The molecule has 0 aromatic heterocycles. The zero-order chi connectivity index (χ0) is 21.0. The Morgan fingerprint density at radius 1 is 1.17 bits per heavy atom. The van der Waals surface area contributed by atoms with E-state index in [0.717, 1.165) is 57.9 Å². The molecule has 2 aromatic carbocycles. The maximum Gasteiger partial charge on any atom is 0.221 e. The van der Waals surface area contributed by atoms with E-state index < -0.39 is 5.60 Å². The monoisotopic (exact) mass is 415 g/mol. The van der Waals surface area contributed by atoms with Crippen molar-refractivity contribution < 1.29 is 19.7 Å². The first-order valence-corrected chi connectivity index (χ1v) is 11.0. The van der Waals surface area contributed by atoms with Gasteiger partial charge in [-0.2, -0.15) is 11.8 Å². The minimum absolute atomic E-state index is 0.0660. The fraction of sp³-hybridized carbons (Fsp3) is 0.435. The first-order chi connectivity index (χ1) is 13.8. The maximum atomic E-state index is 11.6. The van der Waals surface area contributed by atoms with Gasteiger partial charge in [-0.3, -0.25) is 4.79 Å². The van der Waals surface area contributed by atoms with Gasteiger partial charge in [-0.15, -0.1) is 0 Å². The van der Waals surface area contributed by atoms with Crippen LogP contribution in [0.25, 0.3) is 11.1 Å². The van der Waals surface area contributed by atoms with E-state index in [-0.39, 0.29) is 12.5 Å². The fourth-order valence-electron chi connectivity index (χ4n) is 3.74. The van der Waals surface area contributed by atoms with E-state index in [1.54, 1.807) is 6.07 Å². The number of rotatable bonds is 6. The molecule has 156 valence electrons. The number of aliphatic hydroxyl groups excluding tert-OH is 1. The number of anilines is 1. The Bertz CT molecular complexity index is 867. The Kier molecular flexibility index (Phi) is 6.88. The zero-order valence-corrected chi connectivity index (χ0v) is 18.1. The van der Waals surface area contributed by atoms with Crippen molar-refractivity contribution in [3.63, 3.8) is 0 Å². The van der Waals surface area contributed by atoms with Crippen LogP contribution in [0.1, 0.15) is 36.5 Å². The fourth-order valence-corrected chi connectivity index (χ4v) is 4.99. The summed E-state index contributed by atoms with van der Waals surface area (Å²) in [6.07, 6.45) is 1.50. The predicted molar refractivity (Wildman–Crippen MR) is 119 cm³/mol. The van der Waals surface area contributed by atoms with Gasteiger partial charge < -0.3 is 20.3 Å². The van der Waals surface area contributed by atoms with Crippen LogP contribution in [0.3, 0.4) is 0 Å². The van der Waals surface area contributed by atoms with Crippen LogP contribution in [-0.4, -0.2) is 39.8 Å². The van der Waals surface area contributed by atoms with Crippen LogP contribution < -0.4 is 10.1 Å². The van der Waals surface area contributed by atoms with Gasteiger partial charge in [0.05, 0.1) is 6.61 Å². The molecule has 0 atom stereocenters. The summed E-state index contributed by atoms with van der Waals surface area (Å²) in [5, 5.41) is 23.1. The number of carbonyl (C=O) groups is 1. The highest BCUT2D eigenvalue weighted by Gasteiger charge is 2.30. The van der Waals surface area contributed by atoms with E-state index in [2.05, 4.69) is 5.32 Å². The van der Waals surface area contributed by atoms with Crippen molar-refractivity contribution in [1.29, 1.82) is 0 Å². The van der Waals surface area contributed by atoms with E-state index >= 15 is 0 Å². The molecule has 0 saturated carbocycles. The van der Waals surface area contributed by atoms with Gasteiger partial charge in [0, 0.05) is 18.2 Å². The number of thioether (sulfide) groups is 1. The third-order valence-electron chi connectivity index (χ3n) is 5.28. The predicted octanol–water partition coefficient (Wildman–Crippen LogP) is 4.06. The van der Waals surface area contributed by atoms with Gasteiger partial charge in [0.25, 0.3) is 0 Å². The average molecular weight is 416 g/mol. The summed E-state index contributed by atoms with van der Waals surface area (Å²) in [4.78, 5) is 11.6. The topological polar surface area (TPSA) is 78.8 Å². The summed E-state index contributed by atoms with van der Waals surface area (Å²) in [5.74, 6) is 2.51. The van der Waals surface area contributed by atoms with E-state index in [1.807, 2.05) is 49.9 Å². The third-order valence-corrected chi connectivity index (χ3v) is 6.27. The van der Waals surface area contributed by atoms with Crippen LogP contribution in [0.15, 0.2) is 30.3 Å². The number of nitrogens with one attached hydrogen (secondary N) is 1. The van der Waals surface area contributed by atoms with Crippen LogP contribution >= 0.6 is 11.8 Å². The molecule has 1 aliphatic rings. The normalized spacial score (nSPS) is 15.8. The second-order valence-electron chi connectivity index (χ2n) is 7.78. The van der Waals surface area contributed by atoms with Crippen molar-refractivity contribution in [1.82, 2.24) is 0 Å². The van der Waals surface area contributed by atoms with Crippen LogP contribution in [0, 0.1) is 13.8 Å². The number of hydrogen-bond acceptors (Lipinski definition) is 5. The van der Waals surface area contributed by atoms with E-state index in [1.165, 1.54) is 6.92 Å². The molecule has 5 nitrogen and oxygen atoms in total. The first-order valence-electron chi connectivity index (χ1n) is 9.87. The zero-order valence-electron chi connectivity index (χ0n) is 17.2. The first kappa shape index (κ1) is 21.7. The van der Waals surface area contributed by atoms with Crippen LogP contribution in [0.5, 0.6) is 5.75 Å². The van der Waals surface area contributed by atoms with E-state index in [4.69, 9.17) is 4.74 Å². The Labute approximate surface area is 176 Å². The molecule has 0 aliphatic carbocycles. The standard InChI is InChI=1S/C23H29NO4S/c1-15-10-19(28-14-23(27)6-8-29-9-7-23)11-16(2)22(15)20-12-18(13-25)4-5-21(20)24-17(3)26/h4-5,10-12,25,27H,6-9,13-14H2,1-3H3,(H,24,26). The molecule has 1 saturated heterocycles. The molecular formula is C23H29NO4S. The lowest BCUT2D eigenvalue weighted by atomic mass is 9.92. The SMILES string of the molecule is CC(=O)Nc1ccc(CO)cc1-c1c(C)cc(OCC2(O)CCSCC2)cc1C. The number of carbonyl (C=O) groups excluding carboxylic acids is 1. The molecule has 0 unspecified atom stereocenters. The minimum atomic E-state index is -0.750. The minimum Gasteiger partial charge on any atom is -0.491 e. The summed E-state index contributed by atoms with van der Waals surface area (Å²) in [7, 11) is 0. The molecule has 1 fully saturated rings. The van der Waals surface area contributed by atoms with Crippen molar-refractivity contribution >= 4 is 23.4 Å². The summed E-state index contributed by atoms with van der Waals surface area (Å²) in [5.41, 5.74) is 4.63. The third kappa shape index (κ3) is 5.32. The van der Waals surface area contributed by atoms with Crippen LogP contribution in [0.4, 0.5) is 5.69 Å². The summed E-state index contributed by atoms with van der Waals surface area (Å²) >= 11 is 1.87. The molecule has 1 amide bonds. The summed E-state index contributed by atoms with van der Waals surface area (Å²) in [6.45, 7) is 5.72. The number of benzene rings is 2. The number of ether oxygens (including phenoxy) is 1. The highest BCUT2D eigenvalue weighted by atomic mass is 32.2. The van der Waals surface area contributed by atoms with E-state index in [9.17, 15) is 15.0 Å². The largest absolute Gasteiger partial charge is 0.491 e. The van der Waals surface area contributed by atoms with Gasteiger partial charge in [0.1, 0.15) is 18.0 Å². The molecule has 2 aromatic rings.